The second-order valence-corrected chi connectivity index (χ2v) is 5.73. The molecule has 0 saturated carbocycles. The van der Waals surface area contributed by atoms with Crippen LogP contribution in [0, 0.1) is 5.41 Å². The largest absolute Gasteiger partial charge is 0.382 e. The van der Waals surface area contributed by atoms with Crippen molar-refractivity contribution in [2.45, 2.75) is 25.7 Å². The lowest BCUT2D eigenvalue weighted by molar-refractivity contribution is -0.129. The minimum atomic E-state index is 0.138. The SMILES string of the molecule is CC(=O)N1CCC(c2cc(Br)c(C(N)=NC=N)[nH]2)CC1. The highest BCUT2D eigenvalue weighted by Crippen LogP contribution is 2.30. The second-order valence-electron chi connectivity index (χ2n) is 4.87. The fourth-order valence-corrected chi connectivity index (χ4v) is 3.04. The van der Waals surface area contributed by atoms with Crippen LogP contribution in [0.25, 0.3) is 0 Å². The van der Waals surface area contributed by atoms with Crippen LogP contribution in [0.2, 0.25) is 0 Å². The van der Waals surface area contributed by atoms with E-state index in [2.05, 4.69) is 25.9 Å². The molecule has 6 nitrogen and oxygen atoms in total. The molecule has 0 radical (unpaired) electrons. The Labute approximate surface area is 126 Å². The van der Waals surface area contributed by atoms with Crippen molar-refractivity contribution < 1.29 is 4.79 Å². The molecule has 1 saturated heterocycles. The molecule has 0 spiro atoms. The number of H-pyrrole nitrogens is 1. The van der Waals surface area contributed by atoms with Crippen molar-refractivity contribution >= 4 is 34.0 Å². The molecule has 0 bridgehead atoms. The molecular formula is C13H18BrN5O. The van der Waals surface area contributed by atoms with Crippen LogP contribution in [0.5, 0.6) is 0 Å². The summed E-state index contributed by atoms with van der Waals surface area (Å²) >= 11 is 3.46. The quantitative estimate of drug-likeness (QED) is 0.578. The van der Waals surface area contributed by atoms with Gasteiger partial charge in [0.05, 0.1) is 5.69 Å². The molecule has 0 aliphatic carbocycles. The number of halogens is 1. The zero-order chi connectivity index (χ0) is 14.7. The number of aliphatic imine (C=N–C) groups is 1. The van der Waals surface area contributed by atoms with Gasteiger partial charge in [-0.15, -0.1) is 0 Å². The van der Waals surface area contributed by atoms with Gasteiger partial charge in [-0.1, -0.05) is 0 Å². The lowest BCUT2D eigenvalue weighted by Crippen LogP contribution is -2.36. The minimum Gasteiger partial charge on any atom is -0.382 e. The summed E-state index contributed by atoms with van der Waals surface area (Å²) in [5.74, 6) is 0.821. The first kappa shape index (κ1) is 14.8. The first-order valence-electron chi connectivity index (χ1n) is 6.49. The Morgan fingerprint density at radius 3 is 2.80 bits per heavy atom. The predicted molar refractivity (Wildman–Crippen MR) is 82.2 cm³/mol. The number of hydrogen-bond acceptors (Lipinski definition) is 2. The lowest BCUT2D eigenvalue weighted by Gasteiger charge is -2.30. The number of rotatable bonds is 3. The Morgan fingerprint density at radius 1 is 1.60 bits per heavy atom. The molecule has 0 aromatic carbocycles. The first-order valence-corrected chi connectivity index (χ1v) is 7.28. The number of carbonyl (C=O) groups is 1. The highest BCUT2D eigenvalue weighted by molar-refractivity contribution is 9.10. The Kier molecular flexibility index (Phi) is 4.59. The summed E-state index contributed by atoms with van der Waals surface area (Å²) in [5.41, 5.74) is 7.60. The fraction of sp³-hybridized carbons (Fsp3) is 0.462. The first-order chi connectivity index (χ1) is 9.52. The van der Waals surface area contributed by atoms with Crippen LogP contribution in [0.15, 0.2) is 15.5 Å². The van der Waals surface area contributed by atoms with Crippen LogP contribution in [-0.4, -0.2) is 41.1 Å². The summed E-state index contributed by atoms with van der Waals surface area (Å²) in [6.07, 6.45) is 2.80. The van der Waals surface area contributed by atoms with Gasteiger partial charge in [0.1, 0.15) is 12.2 Å². The second kappa shape index (κ2) is 6.21. The van der Waals surface area contributed by atoms with E-state index in [1.807, 2.05) is 11.0 Å². The Balaban J connectivity index is 2.12. The molecule has 108 valence electrons. The summed E-state index contributed by atoms with van der Waals surface area (Å²) < 4.78 is 0.851. The monoisotopic (exact) mass is 339 g/mol. The van der Waals surface area contributed by atoms with Gasteiger partial charge in [-0.05, 0) is 34.8 Å². The van der Waals surface area contributed by atoms with Crippen molar-refractivity contribution in [2.24, 2.45) is 10.7 Å². The van der Waals surface area contributed by atoms with Gasteiger partial charge in [0.25, 0.3) is 0 Å². The van der Waals surface area contributed by atoms with Crippen molar-refractivity contribution in [1.29, 1.82) is 5.41 Å². The van der Waals surface area contributed by atoms with Crippen molar-refractivity contribution in [3.63, 3.8) is 0 Å². The highest BCUT2D eigenvalue weighted by atomic mass is 79.9. The molecular weight excluding hydrogens is 322 g/mol. The van der Waals surface area contributed by atoms with Crippen LogP contribution in [0.3, 0.4) is 0 Å². The molecule has 1 aromatic heterocycles. The third kappa shape index (κ3) is 3.09. The maximum absolute atomic E-state index is 11.3. The van der Waals surface area contributed by atoms with E-state index in [1.54, 1.807) is 6.92 Å². The number of nitrogens with zero attached hydrogens (tertiary/aromatic N) is 2. The Morgan fingerprint density at radius 2 is 2.25 bits per heavy atom. The molecule has 1 fully saturated rings. The molecule has 1 aromatic rings. The van der Waals surface area contributed by atoms with Crippen LogP contribution in [0.1, 0.15) is 37.1 Å². The zero-order valence-electron chi connectivity index (χ0n) is 11.3. The molecule has 4 N–H and O–H groups in total. The Hall–Kier alpha value is -1.63. The van der Waals surface area contributed by atoms with Gasteiger partial charge >= 0.3 is 0 Å². The summed E-state index contributed by atoms with van der Waals surface area (Å²) in [6.45, 7) is 3.18. The third-order valence-electron chi connectivity index (χ3n) is 3.63. The van der Waals surface area contributed by atoms with Gasteiger partial charge in [-0.2, -0.15) is 0 Å². The number of nitrogens with two attached hydrogens (primary N) is 1. The number of amides is 1. The van der Waals surface area contributed by atoms with E-state index in [9.17, 15) is 4.79 Å². The van der Waals surface area contributed by atoms with Gasteiger partial charge in [-0.3, -0.25) is 10.2 Å². The average molecular weight is 340 g/mol. The molecule has 0 unspecified atom stereocenters. The summed E-state index contributed by atoms with van der Waals surface area (Å²) in [6, 6.07) is 2.01. The van der Waals surface area contributed by atoms with Gasteiger partial charge in [0.2, 0.25) is 5.91 Å². The van der Waals surface area contributed by atoms with Gasteiger partial charge in [0, 0.05) is 36.1 Å². The molecule has 1 aliphatic rings. The molecule has 20 heavy (non-hydrogen) atoms. The normalized spacial score (nSPS) is 17.3. The van der Waals surface area contributed by atoms with Gasteiger partial charge < -0.3 is 15.6 Å². The molecule has 2 rings (SSSR count). The third-order valence-corrected chi connectivity index (χ3v) is 4.26. The van der Waals surface area contributed by atoms with Crippen molar-refractivity contribution in [3.05, 3.63) is 21.9 Å². The molecule has 1 aliphatic heterocycles. The number of aromatic amines is 1. The number of carbonyl (C=O) groups excluding carboxylic acids is 1. The summed E-state index contributed by atoms with van der Waals surface area (Å²) in [7, 11) is 0. The molecule has 7 heteroatoms. The van der Waals surface area contributed by atoms with E-state index in [-0.39, 0.29) is 5.91 Å². The molecule has 1 amide bonds. The molecule has 0 atom stereocenters. The van der Waals surface area contributed by atoms with E-state index in [0.29, 0.717) is 17.4 Å². The Bertz CT molecular complexity index is 543. The summed E-state index contributed by atoms with van der Waals surface area (Å²) in [5, 5.41) is 6.96. The van der Waals surface area contributed by atoms with Crippen LogP contribution < -0.4 is 5.73 Å². The molecule has 2 heterocycles. The van der Waals surface area contributed by atoms with Crippen molar-refractivity contribution in [2.75, 3.05) is 13.1 Å². The smallest absolute Gasteiger partial charge is 0.219 e. The van der Waals surface area contributed by atoms with Crippen molar-refractivity contribution in [1.82, 2.24) is 9.88 Å². The minimum absolute atomic E-state index is 0.138. The maximum atomic E-state index is 11.3. The summed E-state index contributed by atoms with van der Waals surface area (Å²) in [4.78, 5) is 20.2. The predicted octanol–water partition coefficient (Wildman–Crippen LogP) is 1.82. The van der Waals surface area contributed by atoms with Crippen LogP contribution >= 0.6 is 15.9 Å². The van der Waals surface area contributed by atoms with Gasteiger partial charge in [-0.25, -0.2) is 4.99 Å². The number of likely N-dealkylation sites (tertiary alicyclic amines) is 1. The highest BCUT2D eigenvalue weighted by Gasteiger charge is 2.24. The van der Waals surface area contributed by atoms with E-state index in [4.69, 9.17) is 11.1 Å². The van der Waals surface area contributed by atoms with E-state index < -0.39 is 0 Å². The number of nitrogens with one attached hydrogen (secondary N) is 2. The van der Waals surface area contributed by atoms with E-state index >= 15 is 0 Å². The number of amidine groups is 1. The van der Waals surface area contributed by atoms with Crippen LogP contribution in [-0.2, 0) is 4.79 Å². The standard InChI is InChI=1S/C13H18BrN5O/c1-8(20)19-4-2-9(3-5-19)11-6-10(14)12(18-11)13(16)17-7-15/h6-7,9,18H,2-5H2,1H3,(H3,15,16,17). The topological polar surface area (TPSA) is 98.3 Å². The fourth-order valence-electron chi connectivity index (χ4n) is 2.49. The van der Waals surface area contributed by atoms with E-state index in [1.165, 1.54) is 0 Å². The van der Waals surface area contributed by atoms with Crippen LogP contribution in [0.4, 0.5) is 0 Å². The lowest BCUT2D eigenvalue weighted by atomic mass is 9.94. The number of hydrogen-bond donors (Lipinski definition) is 3. The maximum Gasteiger partial charge on any atom is 0.219 e. The average Bonchev–Trinajstić information content (AvgIpc) is 2.81. The van der Waals surface area contributed by atoms with Gasteiger partial charge in [0.15, 0.2) is 0 Å². The zero-order valence-corrected chi connectivity index (χ0v) is 12.9. The van der Waals surface area contributed by atoms with E-state index in [0.717, 1.165) is 42.4 Å². The number of piperidine rings is 1. The van der Waals surface area contributed by atoms with Crippen molar-refractivity contribution in [3.8, 4) is 0 Å². The number of aromatic nitrogens is 1.